The number of aromatic nitrogens is 2. The number of amides is 2. The monoisotopic (exact) mass is 356 g/mol. The first kappa shape index (κ1) is 18.5. The van der Waals surface area contributed by atoms with E-state index in [2.05, 4.69) is 41.7 Å². The first-order chi connectivity index (χ1) is 12.6. The fraction of sp³-hybridized carbons (Fsp3) is 0.500. The van der Waals surface area contributed by atoms with Crippen molar-refractivity contribution in [1.29, 1.82) is 0 Å². The highest BCUT2D eigenvalue weighted by Gasteiger charge is 2.24. The number of hydrogen-bond donors (Lipinski definition) is 2. The molecular weight excluding hydrogens is 328 g/mol. The summed E-state index contributed by atoms with van der Waals surface area (Å²) in [4.78, 5) is 12.3. The Kier molecular flexibility index (Phi) is 6.28. The molecule has 0 spiro atoms. The number of urea groups is 1. The van der Waals surface area contributed by atoms with Gasteiger partial charge >= 0.3 is 6.03 Å². The molecule has 0 bridgehead atoms. The molecule has 2 heterocycles. The van der Waals surface area contributed by atoms with Crippen LogP contribution < -0.4 is 10.6 Å². The van der Waals surface area contributed by atoms with Crippen molar-refractivity contribution in [3.63, 3.8) is 0 Å². The highest BCUT2D eigenvalue weighted by atomic mass is 16.5. The van der Waals surface area contributed by atoms with Gasteiger partial charge in [0.2, 0.25) is 0 Å². The van der Waals surface area contributed by atoms with Crippen LogP contribution in [0.2, 0.25) is 0 Å². The van der Waals surface area contributed by atoms with E-state index in [0.717, 1.165) is 19.3 Å². The highest BCUT2D eigenvalue weighted by Crippen LogP contribution is 2.20. The van der Waals surface area contributed by atoms with Crippen molar-refractivity contribution in [2.75, 3.05) is 11.9 Å². The van der Waals surface area contributed by atoms with Crippen molar-refractivity contribution in [2.24, 2.45) is 5.92 Å². The van der Waals surface area contributed by atoms with Crippen LogP contribution >= 0.6 is 0 Å². The zero-order valence-corrected chi connectivity index (χ0v) is 15.5. The molecule has 0 aliphatic carbocycles. The van der Waals surface area contributed by atoms with Crippen LogP contribution in [0.25, 0.3) is 0 Å². The quantitative estimate of drug-likeness (QED) is 0.830. The van der Waals surface area contributed by atoms with Crippen molar-refractivity contribution in [2.45, 2.75) is 51.8 Å². The fourth-order valence-electron chi connectivity index (χ4n) is 3.33. The summed E-state index contributed by atoms with van der Waals surface area (Å²) in [6, 6.07) is 11.9. The summed E-state index contributed by atoms with van der Waals surface area (Å²) in [5, 5.41) is 10.3. The number of rotatable bonds is 6. The molecule has 1 saturated heterocycles. The summed E-state index contributed by atoms with van der Waals surface area (Å²) in [6.07, 6.45) is 4.86. The zero-order valence-electron chi connectivity index (χ0n) is 15.5. The van der Waals surface area contributed by atoms with E-state index in [1.807, 2.05) is 35.1 Å². The number of ether oxygens (including phenoxy) is 1. The number of nitrogens with zero attached hydrogens (tertiary/aromatic N) is 2. The van der Waals surface area contributed by atoms with Crippen LogP contribution in [-0.2, 0) is 11.3 Å². The molecule has 1 aromatic carbocycles. The van der Waals surface area contributed by atoms with Gasteiger partial charge in [0.05, 0.1) is 12.6 Å². The first-order valence-electron chi connectivity index (χ1n) is 9.35. The van der Waals surface area contributed by atoms with E-state index >= 15 is 0 Å². The largest absolute Gasteiger partial charge is 0.378 e. The Hall–Kier alpha value is -2.34. The zero-order chi connectivity index (χ0) is 18.4. The van der Waals surface area contributed by atoms with Crippen molar-refractivity contribution in [3.8, 4) is 0 Å². The van der Waals surface area contributed by atoms with E-state index < -0.39 is 0 Å². The van der Waals surface area contributed by atoms with Gasteiger partial charge < -0.3 is 10.1 Å². The number of hydrogen-bond acceptors (Lipinski definition) is 3. The number of nitrogens with one attached hydrogen (secondary N) is 2. The van der Waals surface area contributed by atoms with Gasteiger partial charge in [-0.2, -0.15) is 5.10 Å². The Labute approximate surface area is 154 Å². The molecule has 2 amide bonds. The van der Waals surface area contributed by atoms with Gasteiger partial charge in [0, 0.05) is 24.9 Å². The molecule has 6 nitrogen and oxygen atoms in total. The van der Waals surface area contributed by atoms with Crippen LogP contribution in [0.5, 0.6) is 0 Å². The minimum absolute atomic E-state index is 0.152. The van der Waals surface area contributed by atoms with Crippen molar-refractivity contribution in [1.82, 2.24) is 15.1 Å². The molecule has 1 fully saturated rings. The van der Waals surface area contributed by atoms with E-state index in [-0.39, 0.29) is 18.2 Å². The maximum Gasteiger partial charge on any atom is 0.320 e. The van der Waals surface area contributed by atoms with E-state index in [9.17, 15) is 4.79 Å². The molecule has 3 rings (SSSR count). The van der Waals surface area contributed by atoms with Crippen LogP contribution in [0.4, 0.5) is 10.6 Å². The highest BCUT2D eigenvalue weighted by molar-refractivity contribution is 5.88. The summed E-state index contributed by atoms with van der Waals surface area (Å²) in [5.74, 6) is 1.16. The molecule has 6 heteroatoms. The normalized spacial score (nSPS) is 20.1. The Balaban J connectivity index is 1.47. The Morgan fingerprint density at radius 2 is 2.12 bits per heavy atom. The van der Waals surface area contributed by atoms with Gasteiger partial charge in [0.15, 0.2) is 5.82 Å². The number of carbonyl (C=O) groups excluding carboxylic acids is 1. The third-order valence-corrected chi connectivity index (χ3v) is 4.51. The summed E-state index contributed by atoms with van der Waals surface area (Å²) in [6.45, 7) is 5.77. The van der Waals surface area contributed by atoms with Gasteiger partial charge in [-0.15, -0.1) is 0 Å². The van der Waals surface area contributed by atoms with Crippen molar-refractivity contribution >= 4 is 11.8 Å². The Morgan fingerprint density at radius 3 is 2.88 bits per heavy atom. The van der Waals surface area contributed by atoms with E-state index in [4.69, 9.17) is 4.74 Å². The lowest BCUT2D eigenvalue weighted by atomic mass is 9.96. The molecule has 0 saturated carbocycles. The molecule has 1 aromatic heterocycles. The van der Waals surface area contributed by atoms with E-state index in [1.54, 1.807) is 0 Å². The van der Waals surface area contributed by atoms with Crippen molar-refractivity contribution < 1.29 is 9.53 Å². The molecule has 26 heavy (non-hydrogen) atoms. The third-order valence-electron chi connectivity index (χ3n) is 4.51. The molecule has 140 valence electrons. The summed E-state index contributed by atoms with van der Waals surface area (Å²) in [5.41, 5.74) is 1.17. The standard InChI is InChI=1S/C20H28N4O2/c1-15(2)12-18-13-17(9-11-26-18)21-20(25)22-19-8-10-24(23-19)14-16-6-4-3-5-7-16/h3-8,10,15,17-18H,9,11-14H2,1-2H3,(H2,21,22,23,25)/t17-,18+/m1/s1. The van der Waals surface area contributed by atoms with Gasteiger partial charge in [-0.25, -0.2) is 4.79 Å². The smallest absolute Gasteiger partial charge is 0.320 e. The van der Waals surface area contributed by atoms with Gasteiger partial charge in [0.25, 0.3) is 0 Å². The van der Waals surface area contributed by atoms with Gasteiger partial charge in [-0.3, -0.25) is 10.00 Å². The predicted molar refractivity (Wildman–Crippen MR) is 102 cm³/mol. The van der Waals surface area contributed by atoms with Crippen LogP contribution in [0.1, 0.15) is 38.7 Å². The SMILES string of the molecule is CC(C)C[C@H]1C[C@H](NC(=O)Nc2ccn(Cc3ccccc3)n2)CCO1. The molecular formula is C20H28N4O2. The Morgan fingerprint density at radius 1 is 1.31 bits per heavy atom. The topological polar surface area (TPSA) is 68.2 Å². The second-order valence-corrected chi connectivity index (χ2v) is 7.33. The average Bonchev–Trinajstić information content (AvgIpc) is 3.02. The minimum Gasteiger partial charge on any atom is -0.378 e. The molecule has 0 unspecified atom stereocenters. The minimum atomic E-state index is -0.204. The van der Waals surface area contributed by atoms with Gasteiger partial charge in [-0.1, -0.05) is 44.2 Å². The molecule has 1 aliphatic rings. The van der Waals surface area contributed by atoms with Crippen molar-refractivity contribution in [3.05, 3.63) is 48.2 Å². The van der Waals surface area contributed by atoms with Gasteiger partial charge in [0.1, 0.15) is 0 Å². The van der Waals surface area contributed by atoms with Crippen LogP contribution in [-0.4, -0.2) is 34.6 Å². The molecule has 2 N–H and O–H groups in total. The molecule has 2 atom stereocenters. The van der Waals surface area contributed by atoms with Crippen LogP contribution in [0.3, 0.4) is 0 Å². The van der Waals surface area contributed by atoms with E-state index in [0.29, 0.717) is 24.9 Å². The van der Waals surface area contributed by atoms with E-state index in [1.165, 1.54) is 5.56 Å². The summed E-state index contributed by atoms with van der Waals surface area (Å²) >= 11 is 0. The molecule has 0 radical (unpaired) electrons. The molecule has 2 aromatic rings. The predicted octanol–water partition coefficient (Wildman–Crippen LogP) is 3.65. The average molecular weight is 356 g/mol. The van der Waals surface area contributed by atoms with Crippen LogP contribution in [0.15, 0.2) is 42.6 Å². The lowest BCUT2D eigenvalue weighted by Gasteiger charge is -2.31. The maximum atomic E-state index is 12.3. The second kappa shape index (κ2) is 8.85. The van der Waals surface area contributed by atoms with Gasteiger partial charge in [-0.05, 0) is 30.7 Å². The third kappa shape index (κ3) is 5.59. The maximum absolute atomic E-state index is 12.3. The first-order valence-corrected chi connectivity index (χ1v) is 9.35. The summed E-state index contributed by atoms with van der Waals surface area (Å²) < 4.78 is 7.61. The summed E-state index contributed by atoms with van der Waals surface area (Å²) in [7, 11) is 0. The number of benzene rings is 1. The lowest BCUT2D eigenvalue weighted by Crippen LogP contribution is -2.44. The lowest BCUT2D eigenvalue weighted by molar-refractivity contribution is -0.00717. The van der Waals surface area contributed by atoms with Crippen LogP contribution in [0, 0.1) is 5.92 Å². The number of anilines is 1. The molecule has 1 aliphatic heterocycles. The second-order valence-electron chi connectivity index (χ2n) is 7.33. The fourth-order valence-corrected chi connectivity index (χ4v) is 3.33. The number of carbonyl (C=O) groups is 1. The Bertz CT molecular complexity index is 699.